The Morgan fingerprint density at radius 3 is 2.50 bits per heavy atom. The number of primary amides is 1. The van der Waals surface area contributed by atoms with E-state index in [9.17, 15) is 4.79 Å². The summed E-state index contributed by atoms with van der Waals surface area (Å²) in [6.45, 7) is 2.73. The van der Waals surface area contributed by atoms with E-state index in [1.165, 1.54) is 5.56 Å². The van der Waals surface area contributed by atoms with E-state index >= 15 is 0 Å². The number of amides is 1. The minimum absolute atomic E-state index is 0. The number of nitrogens with two attached hydrogens (primary N) is 1. The quantitative estimate of drug-likeness (QED) is 0.662. The summed E-state index contributed by atoms with van der Waals surface area (Å²) in [5.74, 6) is 0.587. The molecule has 2 rings (SSSR count). The van der Waals surface area contributed by atoms with Crippen molar-refractivity contribution in [3.63, 3.8) is 0 Å². The highest BCUT2D eigenvalue weighted by atomic mass is 35.5. The molecule has 0 radical (unpaired) electrons. The molecule has 1 unspecified atom stereocenters. The molecule has 0 fully saturated rings. The molecule has 0 aliphatic heterocycles. The topological polar surface area (TPSA) is 73.6 Å². The van der Waals surface area contributed by atoms with Crippen LogP contribution in [-0.4, -0.2) is 19.6 Å². The predicted octanol–water partition coefficient (Wildman–Crippen LogP) is 3.61. The Morgan fingerprint density at radius 1 is 1.15 bits per heavy atom. The summed E-state index contributed by atoms with van der Waals surface area (Å²) in [6.07, 6.45) is 2.18. The Morgan fingerprint density at radius 2 is 1.88 bits per heavy atom. The normalized spacial score (nSPS) is 11.3. The fraction of sp³-hybridized carbons (Fsp3) is 0.350. The Balaban J connectivity index is 0.00000338. The van der Waals surface area contributed by atoms with Crippen LogP contribution >= 0.6 is 12.4 Å². The lowest BCUT2D eigenvalue weighted by molar-refractivity contribution is -0.119. The minimum Gasteiger partial charge on any atom is -0.493 e. The van der Waals surface area contributed by atoms with Crippen LogP contribution in [-0.2, 0) is 11.3 Å². The summed E-state index contributed by atoms with van der Waals surface area (Å²) in [4.78, 5) is 10.9. The highest BCUT2D eigenvalue weighted by molar-refractivity contribution is 5.85. The van der Waals surface area contributed by atoms with E-state index in [0.29, 0.717) is 24.1 Å². The molecule has 1 amide bonds. The van der Waals surface area contributed by atoms with Gasteiger partial charge in [-0.3, -0.25) is 4.79 Å². The first-order chi connectivity index (χ1) is 12.1. The van der Waals surface area contributed by atoms with Crippen molar-refractivity contribution in [2.45, 2.75) is 32.4 Å². The van der Waals surface area contributed by atoms with Crippen molar-refractivity contribution in [1.29, 1.82) is 0 Å². The second-order valence-corrected chi connectivity index (χ2v) is 5.87. The maximum absolute atomic E-state index is 10.9. The lowest BCUT2D eigenvalue weighted by Crippen LogP contribution is -2.21. The van der Waals surface area contributed by atoms with Crippen molar-refractivity contribution in [1.82, 2.24) is 5.32 Å². The molecule has 0 saturated heterocycles. The summed E-state index contributed by atoms with van der Waals surface area (Å²) in [7, 11) is 1.58. The van der Waals surface area contributed by atoms with Crippen molar-refractivity contribution < 1.29 is 14.3 Å². The molecule has 0 spiro atoms. The third-order valence-electron chi connectivity index (χ3n) is 3.93. The molecule has 5 nitrogen and oxygen atoms in total. The number of nitrogens with one attached hydrogen (secondary N) is 1. The van der Waals surface area contributed by atoms with E-state index in [1.807, 2.05) is 18.2 Å². The first-order valence-corrected chi connectivity index (χ1v) is 8.50. The molecule has 2 aromatic carbocycles. The van der Waals surface area contributed by atoms with E-state index in [2.05, 4.69) is 36.5 Å². The molecule has 0 aromatic heterocycles. The fourth-order valence-electron chi connectivity index (χ4n) is 2.69. The second-order valence-electron chi connectivity index (χ2n) is 5.87. The van der Waals surface area contributed by atoms with Crippen molar-refractivity contribution in [2.24, 2.45) is 5.73 Å². The second kappa shape index (κ2) is 11.4. The van der Waals surface area contributed by atoms with E-state index in [0.717, 1.165) is 18.4 Å². The third-order valence-corrected chi connectivity index (χ3v) is 3.93. The first-order valence-electron chi connectivity index (χ1n) is 8.50. The van der Waals surface area contributed by atoms with Crippen LogP contribution in [0.25, 0.3) is 0 Å². The van der Waals surface area contributed by atoms with Gasteiger partial charge < -0.3 is 20.5 Å². The molecule has 0 aliphatic carbocycles. The van der Waals surface area contributed by atoms with Gasteiger partial charge in [0.05, 0.1) is 7.11 Å². The van der Waals surface area contributed by atoms with Crippen LogP contribution in [0.2, 0.25) is 0 Å². The molecule has 1 atom stereocenters. The van der Waals surface area contributed by atoms with Crippen molar-refractivity contribution in [3.05, 3.63) is 59.7 Å². The van der Waals surface area contributed by atoms with Crippen LogP contribution in [0.3, 0.4) is 0 Å². The molecule has 3 N–H and O–H groups in total. The smallest absolute Gasteiger partial charge is 0.255 e. The molecule has 0 aliphatic rings. The van der Waals surface area contributed by atoms with Gasteiger partial charge in [-0.2, -0.15) is 0 Å². The van der Waals surface area contributed by atoms with E-state index in [1.54, 1.807) is 13.2 Å². The molecular formula is C20H27ClN2O3. The molecule has 0 heterocycles. The Kier molecular flexibility index (Phi) is 9.55. The lowest BCUT2D eigenvalue weighted by Gasteiger charge is -2.19. The number of hydrogen-bond donors (Lipinski definition) is 2. The molecule has 0 saturated carbocycles. The van der Waals surface area contributed by atoms with Gasteiger partial charge in [0.25, 0.3) is 5.91 Å². The number of benzene rings is 2. The number of ether oxygens (including phenoxy) is 2. The van der Waals surface area contributed by atoms with Gasteiger partial charge in [-0.25, -0.2) is 0 Å². The maximum Gasteiger partial charge on any atom is 0.255 e. The van der Waals surface area contributed by atoms with Crippen molar-refractivity contribution >= 4 is 18.3 Å². The van der Waals surface area contributed by atoms with Gasteiger partial charge in [-0.05, 0) is 29.7 Å². The van der Waals surface area contributed by atoms with Gasteiger partial charge >= 0.3 is 0 Å². The van der Waals surface area contributed by atoms with Gasteiger partial charge in [0, 0.05) is 12.6 Å². The van der Waals surface area contributed by atoms with Gasteiger partial charge in [-0.15, -0.1) is 12.4 Å². The highest BCUT2D eigenvalue weighted by Gasteiger charge is 2.11. The number of methoxy groups -OCH3 is 1. The van der Waals surface area contributed by atoms with E-state index in [4.69, 9.17) is 15.2 Å². The van der Waals surface area contributed by atoms with Crippen LogP contribution in [0.5, 0.6) is 11.5 Å². The van der Waals surface area contributed by atoms with Crippen LogP contribution in [0.15, 0.2) is 48.5 Å². The van der Waals surface area contributed by atoms with Crippen molar-refractivity contribution in [3.8, 4) is 11.5 Å². The van der Waals surface area contributed by atoms with Crippen LogP contribution in [0.1, 0.15) is 36.9 Å². The molecule has 6 heteroatoms. The predicted molar refractivity (Wildman–Crippen MR) is 106 cm³/mol. The molecule has 0 bridgehead atoms. The highest BCUT2D eigenvalue weighted by Crippen LogP contribution is 2.28. The van der Waals surface area contributed by atoms with Crippen LogP contribution in [0, 0.1) is 0 Å². The SMILES string of the molecule is CCCC(NCc1ccc(OCC(N)=O)c(OC)c1)c1ccccc1.Cl. The Hall–Kier alpha value is -2.24. The van der Waals surface area contributed by atoms with Crippen LogP contribution < -0.4 is 20.5 Å². The minimum atomic E-state index is -0.516. The number of hydrogen-bond acceptors (Lipinski definition) is 4. The number of halogens is 1. The zero-order valence-corrected chi connectivity index (χ0v) is 16.1. The average Bonchev–Trinajstić information content (AvgIpc) is 2.64. The average molecular weight is 379 g/mol. The summed E-state index contributed by atoms with van der Waals surface area (Å²) >= 11 is 0. The monoisotopic (exact) mass is 378 g/mol. The van der Waals surface area contributed by atoms with Gasteiger partial charge in [0.1, 0.15) is 0 Å². The number of carbonyl (C=O) groups excluding carboxylic acids is 1. The van der Waals surface area contributed by atoms with E-state index < -0.39 is 5.91 Å². The third kappa shape index (κ3) is 6.58. The van der Waals surface area contributed by atoms with Crippen LogP contribution in [0.4, 0.5) is 0 Å². The van der Waals surface area contributed by atoms with Gasteiger partial charge in [0.15, 0.2) is 18.1 Å². The summed E-state index contributed by atoms with van der Waals surface area (Å²) < 4.78 is 10.7. The largest absolute Gasteiger partial charge is 0.493 e. The fourth-order valence-corrected chi connectivity index (χ4v) is 2.69. The first kappa shape index (κ1) is 21.8. The summed E-state index contributed by atoms with van der Waals surface area (Å²) in [5.41, 5.74) is 7.48. The Labute approximate surface area is 161 Å². The lowest BCUT2D eigenvalue weighted by atomic mass is 10.0. The molecular weight excluding hydrogens is 352 g/mol. The zero-order chi connectivity index (χ0) is 18.1. The zero-order valence-electron chi connectivity index (χ0n) is 15.2. The molecule has 142 valence electrons. The van der Waals surface area contributed by atoms with Gasteiger partial charge in [0.2, 0.25) is 0 Å². The number of carbonyl (C=O) groups is 1. The molecule has 26 heavy (non-hydrogen) atoms. The number of rotatable bonds is 10. The van der Waals surface area contributed by atoms with Crippen molar-refractivity contribution in [2.75, 3.05) is 13.7 Å². The van der Waals surface area contributed by atoms with Gasteiger partial charge in [-0.1, -0.05) is 49.7 Å². The summed E-state index contributed by atoms with van der Waals surface area (Å²) in [6, 6.07) is 16.4. The molecule has 2 aromatic rings. The maximum atomic E-state index is 10.9. The summed E-state index contributed by atoms with van der Waals surface area (Å²) in [5, 5.41) is 3.60. The Bertz CT molecular complexity index is 680. The standard InChI is InChI=1S/C20H26N2O3.ClH/c1-3-7-17(16-8-5-4-6-9-16)22-13-15-10-11-18(19(12-15)24-2)25-14-20(21)23;/h4-6,8-12,17,22H,3,7,13-14H2,1-2H3,(H2,21,23);1H. The van der Waals surface area contributed by atoms with E-state index in [-0.39, 0.29) is 19.0 Å².